The van der Waals surface area contributed by atoms with Gasteiger partial charge in [-0.25, -0.2) is 8.42 Å². The van der Waals surface area contributed by atoms with Crippen LogP contribution in [0.25, 0.3) is 0 Å². The van der Waals surface area contributed by atoms with E-state index >= 15 is 0 Å². The van der Waals surface area contributed by atoms with Gasteiger partial charge in [-0.1, -0.05) is 5.16 Å². The zero-order chi connectivity index (χ0) is 17.4. The Balaban J connectivity index is 2.15. The predicted molar refractivity (Wildman–Crippen MR) is 84.4 cm³/mol. The number of amides is 1. The van der Waals surface area contributed by atoms with Crippen molar-refractivity contribution in [1.29, 1.82) is 0 Å². The highest BCUT2D eigenvalue weighted by atomic mass is 32.2. The number of carbonyl (C=O) groups excluding carboxylic acids is 1. The Hall–Kier alpha value is -1.45. The molecule has 2 rings (SSSR count). The molecule has 130 valence electrons. The molecule has 3 unspecified atom stereocenters. The highest BCUT2D eigenvalue weighted by Gasteiger charge is 2.34. The number of nitrogens with zero attached hydrogens (tertiary/aromatic N) is 2. The molecule has 23 heavy (non-hydrogen) atoms. The van der Waals surface area contributed by atoms with Crippen LogP contribution >= 0.6 is 0 Å². The topological polar surface area (TPSA) is 105 Å². The minimum Gasteiger partial charge on any atom is -0.360 e. The van der Waals surface area contributed by atoms with Gasteiger partial charge >= 0.3 is 0 Å². The molecule has 0 aromatic carbocycles. The van der Waals surface area contributed by atoms with E-state index in [-0.39, 0.29) is 34.3 Å². The Morgan fingerprint density at radius 1 is 1.43 bits per heavy atom. The molecule has 3 atom stereocenters. The zero-order valence-corrected chi connectivity index (χ0v) is 14.9. The summed E-state index contributed by atoms with van der Waals surface area (Å²) < 4.78 is 32.3. The van der Waals surface area contributed by atoms with Crippen LogP contribution in [0.1, 0.15) is 32.2 Å². The number of hydrogen-bond acceptors (Lipinski definition) is 6. The second-order valence-corrected chi connectivity index (χ2v) is 7.66. The van der Waals surface area contributed by atoms with Gasteiger partial charge in [0, 0.05) is 25.2 Å². The molecule has 0 radical (unpaired) electrons. The fraction of sp³-hybridized carbons (Fsp3) is 0.714. The summed E-state index contributed by atoms with van der Waals surface area (Å²) in [5, 5.41) is 6.94. The molecule has 0 aliphatic carbocycles. The third-order valence-electron chi connectivity index (χ3n) is 4.26. The van der Waals surface area contributed by atoms with E-state index in [9.17, 15) is 13.2 Å². The fourth-order valence-electron chi connectivity index (χ4n) is 2.82. The first-order valence-electron chi connectivity index (χ1n) is 7.64. The van der Waals surface area contributed by atoms with Crippen LogP contribution in [0.3, 0.4) is 0 Å². The molecule has 1 amide bonds. The number of nitrogens with one attached hydrogen (secondary N) is 2. The summed E-state index contributed by atoms with van der Waals surface area (Å²) in [4.78, 5) is 14.3. The maximum absolute atomic E-state index is 12.6. The van der Waals surface area contributed by atoms with Crippen LogP contribution in [-0.4, -0.2) is 55.6 Å². The number of aryl methyl sites for hydroxylation is 2. The van der Waals surface area contributed by atoms with Gasteiger partial charge in [0.1, 0.15) is 10.6 Å². The average Bonchev–Trinajstić information content (AvgIpc) is 2.80. The Morgan fingerprint density at radius 2 is 2.09 bits per heavy atom. The molecular formula is C14H24N4O4S. The standard InChI is InChI=1S/C14H24N4O4S/c1-8-11(4)18(7-6-15-8)14(19)10(3)17-23(20,21)13-9(2)16-22-12(13)5/h8,10-11,15,17H,6-7H2,1-5H3. The number of hydrogen-bond donors (Lipinski definition) is 2. The van der Waals surface area contributed by atoms with Crippen molar-refractivity contribution in [1.82, 2.24) is 20.1 Å². The summed E-state index contributed by atoms with van der Waals surface area (Å²) in [6.07, 6.45) is 0. The number of piperazine rings is 1. The first-order valence-corrected chi connectivity index (χ1v) is 9.12. The number of rotatable bonds is 4. The first kappa shape index (κ1) is 17.9. The van der Waals surface area contributed by atoms with Gasteiger partial charge in [-0.05, 0) is 34.6 Å². The normalized spacial score (nSPS) is 23.8. The molecule has 1 aromatic rings. The van der Waals surface area contributed by atoms with Crippen LogP contribution in [-0.2, 0) is 14.8 Å². The van der Waals surface area contributed by atoms with Crippen molar-refractivity contribution in [3.63, 3.8) is 0 Å². The lowest BCUT2D eigenvalue weighted by Crippen LogP contribution is -2.60. The molecule has 2 N–H and O–H groups in total. The predicted octanol–water partition coefficient (Wildman–Crippen LogP) is 0.167. The van der Waals surface area contributed by atoms with E-state index < -0.39 is 16.1 Å². The van der Waals surface area contributed by atoms with Gasteiger partial charge in [0.05, 0.1) is 6.04 Å². The van der Waals surface area contributed by atoms with Gasteiger partial charge in [-0.2, -0.15) is 4.72 Å². The lowest BCUT2D eigenvalue weighted by molar-refractivity contribution is -0.136. The van der Waals surface area contributed by atoms with E-state index in [0.29, 0.717) is 13.1 Å². The Bertz CT molecular complexity index is 665. The summed E-state index contributed by atoms with van der Waals surface area (Å²) in [6.45, 7) is 9.84. The van der Waals surface area contributed by atoms with Gasteiger partial charge in [-0.3, -0.25) is 4.79 Å². The van der Waals surface area contributed by atoms with Crippen molar-refractivity contribution in [2.75, 3.05) is 13.1 Å². The quantitative estimate of drug-likeness (QED) is 0.807. The summed E-state index contributed by atoms with van der Waals surface area (Å²) >= 11 is 0. The molecule has 1 saturated heterocycles. The van der Waals surface area contributed by atoms with Crippen molar-refractivity contribution in [2.45, 2.75) is 57.6 Å². The molecule has 1 aliphatic rings. The van der Waals surface area contributed by atoms with E-state index in [0.717, 1.165) is 0 Å². The highest BCUT2D eigenvalue weighted by molar-refractivity contribution is 7.89. The Kier molecular flexibility index (Phi) is 5.12. The Morgan fingerprint density at radius 3 is 2.65 bits per heavy atom. The Labute approximate surface area is 136 Å². The van der Waals surface area contributed by atoms with Crippen LogP contribution in [0.5, 0.6) is 0 Å². The minimum atomic E-state index is -3.86. The highest BCUT2D eigenvalue weighted by Crippen LogP contribution is 2.19. The minimum absolute atomic E-state index is 0.00104. The lowest BCUT2D eigenvalue weighted by atomic mass is 10.1. The largest absolute Gasteiger partial charge is 0.360 e. The third kappa shape index (κ3) is 3.56. The van der Waals surface area contributed by atoms with Crippen LogP contribution in [0, 0.1) is 13.8 Å². The van der Waals surface area contributed by atoms with Crippen LogP contribution < -0.4 is 10.0 Å². The fourth-order valence-corrected chi connectivity index (χ4v) is 4.34. The van der Waals surface area contributed by atoms with Crippen molar-refractivity contribution in [3.8, 4) is 0 Å². The van der Waals surface area contributed by atoms with Gasteiger partial charge < -0.3 is 14.7 Å². The van der Waals surface area contributed by atoms with Gasteiger partial charge in [0.2, 0.25) is 15.9 Å². The van der Waals surface area contributed by atoms with E-state index in [1.807, 2.05) is 13.8 Å². The van der Waals surface area contributed by atoms with Crippen molar-refractivity contribution in [3.05, 3.63) is 11.5 Å². The smallest absolute Gasteiger partial charge is 0.246 e. The second kappa shape index (κ2) is 6.58. The molecule has 9 heteroatoms. The lowest BCUT2D eigenvalue weighted by Gasteiger charge is -2.39. The molecule has 1 fully saturated rings. The molecule has 0 spiro atoms. The molecule has 1 aromatic heterocycles. The molecule has 0 saturated carbocycles. The van der Waals surface area contributed by atoms with Crippen LogP contribution in [0.15, 0.2) is 9.42 Å². The second-order valence-electron chi connectivity index (χ2n) is 6.01. The van der Waals surface area contributed by atoms with E-state index in [1.54, 1.807) is 18.7 Å². The van der Waals surface area contributed by atoms with Crippen molar-refractivity contribution >= 4 is 15.9 Å². The van der Waals surface area contributed by atoms with E-state index in [4.69, 9.17) is 4.52 Å². The summed E-state index contributed by atoms with van der Waals surface area (Å²) in [5.74, 6) is -0.0278. The maximum atomic E-state index is 12.6. The van der Waals surface area contributed by atoms with Gasteiger partial charge in [0.25, 0.3) is 0 Å². The van der Waals surface area contributed by atoms with E-state index in [2.05, 4.69) is 15.2 Å². The summed E-state index contributed by atoms with van der Waals surface area (Å²) in [7, 11) is -3.86. The van der Waals surface area contributed by atoms with Gasteiger partial charge in [-0.15, -0.1) is 0 Å². The van der Waals surface area contributed by atoms with Crippen LogP contribution in [0.4, 0.5) is 0 Å². The molecule has 2 heterocycles. The molecule has 1 aliphatic heterocycles. The van der Waals surface area contributed by atoms with E-state index in [1.165, 1.54) is 6.92 Å². The molecular weight excluding hydrogens is 320 g/mol. The third-order valence-corrected chi connectivity index (χ3v) is 6.04. The number of sulfonamides is 1. The van der Waals surface area contributed by atoms with Crippen molar-refractivity contribution in [2.24, 2.45) is 0 Å². The summed E-state index contributed by atoms with van der Waals surface area (Å²) in [5.41, 5.74) is 0.277. The van der Waals surface area contributed by atoms with Crippen molar-refractivity contribution < 1.29 is 17.7 Å². The first-order chi connectivity index (χ1) is 10.6. The molecule has 8 nitrogen and oxygen atoms in total. The number of aromatic nitrogens is 1. The maximum Gasteiger partial charge on any atom is 0.246 e. The van der Waals surface area contributed by atoms with Crippen LogP contribution in [0.2, 0.25) is 0 Å². The summed E-state index contributed by atoms with van der Waals surface area (Å²) in [6, 6.07) is -0.692. The monoisotopic (exact) mass is 344 g/mol. The van der Waals surface area contributed by atoms with Gasteiger partial charge in [0.15, 0.2) is 5.76 Å². The molecule has 0 bridgehead atoms. The zero-order valence-electron chi connectivity index (χ0n) is 14.1. The SMILES string of the molecule is Cc1noc(C)c1S(=O)(=O)NC(C)C(=O)N1CCNC(C)C1C. The average molecular weight is 344 g/mol. The number of carbonyl (C=O) groups is 1.